The van der Waals surface area contributed by atoms with Gasteiger partial charge in [-0.2, -0.15) is 0 Å². The highest BCUT2D eigenvalue weighted by atomic mass is 35.5. The molecule has 1 aromatic rings. The Labute approximate surface area is 146 Å². The van der Waals surface area contributed by atoms with E-state index in [1.54, 1.807) is 4.90 Å². The molecule has 1 fully saturated rings. The van der Waals surface area contributed by atoms with Gasteiger partial charge in [0.15, 0.2) is 5.17 Å². The van der Waals surface area contributed by atoms with Gasteiger partial charge in [0.2, 0.25) is 0 Å². The highest BCUT2D eigenvalue weighted by molar-refractivity contribution is 8.18. The number of carbonyl (C=O) groups excluding carboxylic acids is 1. The summed E-state index contributed by atoms with van der Waals surface area (Å²) in [4.78, 5) is 19.2. The lowest BCUT2D eigenvalue weighted by molar-refractivity contribution is -0.122. The van der Waals surface area contributed by atoms with E-state index in [-0.39, 0.29) is 12.0 Å². The van der Waals surface area contributed by atoms with E-state index in [9.17, 15) is 4.79 Å². The number of hydrogen-bond acceptors (Lipinski definition) is 4. The van der Waals surface area contributed by atoms with Gasteiger partial charge in [0.25, 0.3) is 5.91 Å². The molecule has 23 heavy (non-hydrogen) atoms. The molecule has 0 spiro atoms. The zero-order chi connectivity index (χ0) is 17.0. The van der Waals surface area contributed by atoms with Crippen molar-refractivity contribution in [3.05, 3.63) is 33.7 Å². The van der Waals surface area contributed by atoms with E-state index in [0.29, 0.717) is 28.8 Å². The monoisotopic (exact) mass is 352 g/mol. The lowest BCUT2D eigenvalue weighted by Crippen LogP contribution is -2.28. The molecule has 4 nitrogen and oxygen atoms in total. The second-order valence-corrected chi connectivity index (χ2v) is 6.69. The summed E-state index contributed by atoms with van der Waals surface area (Å²) in [5.41, 5.74) is 0.871. The minimum Gasteiger partial charge on any atom is -0.489 e. The van der Waals surface area contributed by atoms with Crippen molar-refractivity contribution in [3.8, 4) is 5.75 Å². The first-order valence-electron chi connectivity index (χ1n) is 7.68. The van der Waals surface area contributed by atoms with Crippen molar-refractivity contribution in [2.24, 2.45) is 4.99 Å². The van der Waals surface area contributed by atoms with Crippen LogP contribution in [-0.2, 0) is 4.79 Å². The van der Waals surface area contributed by atoms with Gasteiger partial charge in [0, 0.05) is 13.1 Å². The third kappa shape index (κ3) is 4.30. The lowest BCUT2D eigenvalue weighted by Gasteiger charge is -2.12. The average Bonchev–Trinajstić information content (AvgIpc) is 2.77. The third-order valence-electron chi connectivity index (χ3n) is 3.11. The molecule has 0 radical (unpaired) electrons. The summed E-state index contributed by atoms with van der Waals surface area (Å²) in [6.45, 7) is 9.08. The highest BCUT2D eigenvalue weighted by Gasteiger charge is 2.31. The van der Waals surface area contributed by atoms with Crippen LogP contribution in [0.1, 0.15) is 33.3 Å². The normalized spacial score (nSPS) is 18.5. The molecule has 0 saturated carbocycles. The standard InChI is InChI=1S/C17H21ClN2O2S/c1-5-19-17-20(6-2)16(21)15(23-17)10-12-7-8-14(13(18)9-12)22-11(3)4/h7-11H,5-6H2,1-4H3/b15-10-,19-17?. The fourth-order valence-electron chi connectivity index (χ4n) is 2.15. The number of likely N-dealkylation sites (N-methyl/N-ethyl adjacent to an activating group) is 1. The maximum Gasteiger partial charge on any atom is 0.266 e. The topological polar surface area (TPSA) is 41.9 Å². The van der Waals surface area contributed by atoms with Crippen molar-refractivity contribution in [1.82, 2.24) is 4.90 Å². The number of ether oxygens (including phenoxy) is 1. The van der Waals surface area contributed by atoms with Gasteiger partial charge in [-0.05, 0) is 63.2 Å². The maximum absolute atomic E-state index is 12.4. The van der Waals surface area contributed by atoms with Crippen LogP contribution < -0.4 is 4.74 Å². The van der Waals surface area contributed by atoms with Gasteiger partial charge >= 0.3 is 0 Å². The first-order chi connectivity index (χ1) is 11.0. The molecule has 1 aromatic carbocycles. The molecular weight excluding hydrogens is 332 g/mol. The van der Waals surface area contributed by atoms with E-state index in [0.717, 1.165) is 10.7 Å². The molecule has 1 amide bonds. The van der Waals surface area contributed by atoms with Crippen LogP contribution in [0.25, 0.3) is 6.08 Å². The van der Waals surface area contributed by atoms with Gasteiger partial charge in [-0.1, -0.05) is 17.7 Å². The summed E-state index contributed by atoms with van der Waals surface area (Å²) in [7, 11) is 0. The fourth-order valence-corrected chi connectivity index (χ4v) is 3.49. The molecule has 0 unspecified atom stereocenters. The summed E-state index contributed by atoms with van der Waals surface area (Å²) in [5, 5.41) is 1.30. The van der Waals surface area contributed by atoms with Crippen molar-refractivity contribution in [2.75, 3.05) is 13.1 Å². The van der Waals surface area contributed by atoms with Crippen LogP contribution in [0.3, 0.4) is 0 Å². The Hall–Kier alpha value is -1.46. The first-order valence-corrected chi connectivity index (χ1v) is 8.87. The van der Waals surface area contributed by atoms with Gasteiger partial charge in [0.05, 0.1) is 16.0 Å². The molecule has 0 aromatic heterocycles. The molecular formula is C17H21ClN2O2S. The predicted octanol–water partition coefficient (Wildman–Crippen LogP) is 4.44. The number of amides is 1. The third-order valence-corrected chi connectivity index (χ3v) is 4.45. The van der Waals surface area contributed by atoms with Crippen molar-refractivity contribution in [1.29, 1.82) is 0 Å². The van der Waals surface area contributed by atoms with Crippen molar-refractivity contribution >= 4 is 40.5 Å². The van der Waals surface area contributed by atoms with Crippen LogP contribution >= 0.6 is 23.4 Å². The molecule has 0 atom stereocenters. The Morgan fingerprint density at radius 1 is 1.39 bits per heavy atom. The van der Waals surface area contributed by atoms with Gasteiger partial charge in [-0.15, -0.1) is 0 Å². The molecule has 0 N–H and O–H groups in total. The molecule has 124 valence electrons. The second-order valence-electron chi connectivity index (χ2n) is 5.27. The number of amidine groups is 1. The Bertz CT molecular complexity index is 656. The van der Waals surface area contributed by atoms with E-state index in [1.807, 2.05) is 52.0 Å². The Kier molecular flexibility index (Phi) is 6.13. The van der Waals surface area contributed by atoms with Crippen molar-refractivity contribution < 1.29 is 9.53 Å². The van der Waals surface area contributed by atoms with Crippen molar-refractivity contribution in [3.63, 3.8) is 0 Å². The summed E-state index contributed by atoms with van der Waals surface area (Å²) in [6, 6.07) is 5.54. The quantitative estimate of drug-likeness (QED) is 0.736. The lowest BCUT2D eigenvalue weighted by atomic mass is 10.2. The average molecular weight is 353 g/mol. The maximum atomic E-state index is 12.4. The van der Waals surface area contributed by atoms with Crippen LogP contribution in [-0.4, -0.2) is 35.2 Å². The molecule has 6 heteroatoms. The first kappa shape index (κ1) is 17.9. The van der Waals surface area contributed by atoms with Gasteiger partial charge in [-0.3, -0.25) is 14.7 Å². The molecule has 1 aliphatic rings. The van der Waals surface area contributed by atoms with Crippen LogP contribution in [0, 0.1) is 0 Å². The minimum absolute atomic E-state index is 0.0108. The molecule has 1 saturated heterocycles. The number of nitrogens with zero attached hydrogens (tertiary/aromatic N) is 2. The highest BCUT2D eigenvalue weighted by Crippen LogP contribution is 2.34. The second kappa shape index (κ2) is 7.88. The van der Waals surface area contributed by atoms with E-state index >= 15 is 0 Å². The van der Waals surface area contributed by atoms with Crippen molar-refractivity contribution in [2.45, 2.75) is 33.8 Å². The Morgan fingerprint density at radius 2 is 2.13 bits per heavy atom. The van der Waals surface area contributed by atoms with E-state index in [1.165, 1.54) is 11.8 Å². The van der Waals surface area contributed by atoms with Crippen LogP contribution in [0.4, 0.5) is 0 Å². The molecule has 1 aliphatic heterocycles. The van der Waals surface area contributed by atoms with E-state index < -0.39 is 0 Å². The molecule has 2 rings (SSSR count). The molecule has 0 bridgehead atoms. The Morgan fingerprint density at radius 3 is 2.70 bits per heavy atom. The number of hydrogen-bond donors (Lipinski definition) is 0. The molecule has 0 aliphatic carbocycles. The predicted molar refractivity (Wildman–Crippen MR) is 98.1 cm³/mol. The number of halogens is 1. The largest absolute Gasteiger partial charge is 0.489 e. The van der Waals surface area contributed by atoms with Gasteiger partial charge in [-0.25, -0.2) is 0 Å². The minimum atomic E-state index is -0.0108. The summed E-state index contributed by atoms with van der Waals surface area (Å²) >= 11 is 7.65. The summed E-state index contributed by atoms with van der Waals surface area (Å²) < 4.78 is 5.62. The van der Waals surface area contributed by atoms with Crippen LogP contribution in [0.5, 0.6) is 5.75 Å². The number of benzene rings is 1. The van der Waals surface area contributed by atoms with Crippen LogP contribution in [0.15, 0.2) is 28.1 Å². The van der Waals surface area contributed by atoms with E-state index in [4.69, 9.17) is 16.3 Å². The molecule has 1 heterocycles. The zero-order valence-electron chi connectivity index (χ0n) is 13.8. The smallest absolute Gasteiger partial charge is 0.266 e. The SMILES string of the molecule is CCN=C1S/C(=C\c2ccc(OC(C)C)c(Cl)c2)C(=O)N1CC. The summed E-state index contributed by atoms with van der Waals surface area (Å²) in [6.07, 6.45) is 1.91. The number of rotatable bonds is 5. The van der Waals surface area contributed by atoms with Gasteiger partial charge in [0.1, 0.15) is 5.75 Å². The Balaban J connectivity index is 2.26. The number of carbonyl (C=O) groups is 1. The van der Waals surface area contributed by atoms with E-state index in [2.05, 4.69) is 4.99 Å². The fraction of sp³-hybridized carbons (Fsp3) is 0.412. The van der Waals surface area contributed by atoms with Gasteiger partial charge < -0.3 is 4.74 Å². The van der Waals surface area contributed by atoms with Crippen LogP contribution in [0.2, 0.25) is 5.02 Å². The number of aliphatic imine (C=N–C) groups is 1. The number of thioether (sulfide) groups is 1. The summed E-state index contributed by atoms with van der Waals surface area (Å²) in [5.74, 6) is 0.640. The zero-order valence-corrected chi connectivity index (χ0v) is 15.4.